The van der Waals surface area contributed by atoms with E-state index in [4.69, 9.17) is 9.47 Å². The highest BCUT2D eigenvalue weighted by molar-refractivity contribution is 6.31. The third kappa shape index (κ3) is 2.67. The molecule has 0 unspecified atom stereocenters. The predicted octanol–water partition coefficient (Wildman–Crippen LogP) is 2.08. The van der Waals surface area contributed by atoms with Gasteiger partial charge in [0.25, 0.3) is 0 Å². The molecule has 0 saturated carbocycles. The zero-order valence-electron chi connectivity index (χ0n) is 14.1. The number of carbonyl (C=O) groups is 2. The average Bonchev–Trinajstić information content (AvgIpc) is 3.57. The number of epoxide rings is 2. The number of ether oxygens (including phenoxy) is 2. The van der Waals surface area contributed by atoms with E-state index in [0.717, 1.165) is 13.2 Å². The van der Waals surface area contributed by atoms with Gasteiger partial charge in [0.05, 0.1) is 36.5 Å². The highest BCUT2D eigenvalue weighted by atomic mass is 16.6. The van der Waals surface area contributed by atoms with Crippen LogP contribution in [0.25, 0.3) is 0 Å². The topological polar surface area (TPSA) is 83.3 Å². The first kappa shape index (κ1) is 15.5. The third-order valence-electron chi connectivity index (χ3n) is 4.92. The fourth-order valence-corrected chi connectivity index (χ4v) is 3.34. The Morgan fingerprint density at radius 2 is 1.19 bits per heavy atom. The Labute approximate surface area is 150 Å². The van der Waals surface area contributed by atoms with E-state index < -0.39 is 0 Å². The van der Waals surface area contributed by atoms with Gasteiger partial charge < -0.3 is 20.1 Å². The maximum atomic E-state index is 13.2. The monoisotopic (exact) mass is 350 g/mol. The maximum absolute atomic E-state index is 13.2. The van der Waals surface area contributed by atoms with Gasteiger partial charge in [-0.2, -0.15) is 0 Å². The van der Waals surface area contributed by atoms with Gasteiger partial charge in [0.2, 0.25) is 0 Å². The van der Waals surface area contributed by atoms with Crippen molar-refractivity contribution in [2.24, 2.45) is 0 Å². The largest absolute Gasteiger partial charge is 0.382 e. The summed E-state index contributed by atoms with van der Waals surface area (Å²) in [7, 11) is 0. The second-order valence-corrected chi connectivity index (χ2v) is 6.79. The van der Waals surface area contributed by atoms with Crippen molar-refractivity contribution in [2.45, 2.75) is 12.2 Å². The van der Waals surface area contributed by atoms with Crippen molar-refractivity contribution in [3.63, 3.8) is 0 Å². The molecular weight excluding hydrogens is 332 g/mol. The standard InChI is InChI=1S/C20H18N2O4/c23-19-13-3-1-2-4-14(13)20(24)18-16(22-8-12-10-26-12)6-5-15(17(18)19)21-7-11-9-25-11/h1-6,11-12,21-22H,7-10H2/t11-,12-/m0/s1. The molecule has 6 heteroatoms. The van der Waals surface area contributed by atoms with Gasteiger partial charge in [-0.05, 0) is 12.1 Å². The summed E-state index contributed by atoms with van der Waals surface area (Å²) in [6.45, 7) is 2.70. The number of hydrogen-bond donors (Lipinski definition) is 2. The van der Waals surface area contributed by atoms with Crippen molar-refractivity contribution in [1.29, 1.82) is 0 Å². The number of nitrogens with one attached hydrogen (secondary N) is 2. The molecule has 6 nitrogen and oxygen atoms in total. The van der Waals surface area contributed by atoms with Crippen LogP contribution in [0.4, 0.5) is 11.4 Å². The fourth-order valence-electron chi connectivity index (χ4n) is 3.34. The lowest BCUT2D eigenvalue weighted by Gasteiger charge is -2.23. The Bertz CT molecular complexity index is 842. The van der Waals surface area contributed by atoms with E-state index in [1.54, 1.807) is 24.3 Å². The molecule has 2 aliphatic heterocycles. The van der Waals surface area contributed by atoms with Crippen LogP contribution in [0.3, 0.4) is 0 Å². The molecule has 0 bridgehead atoms. The van der Waals surface area contributed by atoms with Gasteiger partial charge in [-0.1, -0.05) is 24.3 Å². The lowest BCUT2D eigenvalue weighted by atomic mass is 9.82. The molecule has 5 rings (SSSR count). The van der Waals surface area contributed by atoms with Crippen LogP contribution >= 0.6 is 0 Å². The molecule has 1 aliphatic carbocycles. The summed E-state index contributed by atoms with van der Waals surface area (Å²) in [5, 5.41) is 6.54. The van der Waals surface area contributed by atoms with Gasteiger partial charge in [-0.25, -0.2) is 0 Å². The van der Waals surface area contributed by atoms with Crippen molar-refractivity contribution in [2.75, 3.05) is 36.9 Å². The summed E-state index contributed by atoms with van der Waals surface area (Å²) in [6.07, 6.45) is 0.356. The van der Waals surface area contributed by atoms with Crippen LogP contribution in [0.2, 0.25) is 0 Å². The summed E-state index contributed by atoms with van der Waals surface area (Å²) < 4.78 is 10.5. The van der Waals surface area contributed by atoms with E-state index in [1.807, 2.05) is 12.1 Å². The lowest BCUT2D eigenvalue weighted by molar-refractivity contribution is 0.0980. The summed E-state index contributed by atoms with van der Waals surface area (Å²) in [4.78, 5) is 26.3. The van der Waals surface area contributed by atoms with Crippen LogP contribution in [-0.2, 0) is 9.47 Å². The van der Waals surface area contributed by atoms with Crippen LogP contribution in [0.1, 0.15) is 31.8 Å². The summed E-state index contributed by atoms with van der Waals surface area (Å²) >= 11 is 0. The minimum Gasteiger partial charge on any atom is -0.382 e. The van der Waals surface area contributed by atoms with E-state index in [1.165, 1.54) is 0 Å². The molecule has 132 valence electrons. The first-order valence-corrected chi connectivity index (χ1v) is 8.79. The number of anilines is 2. The SMILES string of the molecule is O=C1c2ccccc2C(=O)c2c(NC[C@H]3CO3)ccc(NC[C@H]3CO3)c21. The van der Waals surface area contributed by atoms with Crippen molar-refractivity contribution in [3.05, 3.63) is 58.7 Å². The molecular formula is C20H18N2O4. The van der Waals surface area contributed by atoms with E-state index in [2.05, 4.69) is 10.6 Å². The molecule has 0 aromatic heterocycles. The van der Waals surface area contributed by atoms with Gasteiger partial charge in [0.15, 0.2) is 11.6 Å². The number of ketones is 2. The maximum Gasteiger partial charge on any atom is 0.196 e. The van der Waals surface area contributed by atoms with Crippen LogP contribution in [0.5, 0.6) is 0 Å². The number of carbonyl (C=O) groups excluding carboxylic acids is 2. The van der Waals surface area contributed by atoms with Crippen LogP contribution < -0.4 is 10.6 Å². The second kappa shape index (κ2) is 5.93. The molecule has 0 radical (unpaired) electrons. The number of hydrogen-bond acceptors (Lipinski definition) is 6. The highest BCUT2D eigenvalue weighted by Gasteiger charge is 2.34. The van der Waals surface area contributed by atoms with Crippen LogP contribution in [0.15, 0.2) is 36.4 Å². The molecule has 2 heterocycles. The molecule has 2 atom stereocenters. The average molecular weight is 350 g/mol. The first-order chi connectivity index (χ1) is 12.7. The van der Waals surface area contributed by atoms with E-state index in [0.29, 0.717) is 46.7 Å². The minimum absolute atomic E-state index is 0.124. The Balaban J connectivity index is 1.59. The van der Waals surface area contributed by atoms with Gasteiger partial charge in [0.1, 0.15) is 0 Å². The fraction of sp³-hybridized carbons (Fsp3) is 0.300. The molecule has 2 fully saturated rings. The van der Waals surface area contributed by atoms with Crippen LogP contribution in [0, 0.1) is 0 Å². The van der Waals surface area contributed by atoms with Crippen LogP contribution in [-0.4, -0.2) is 50.1 Å². The summed E-state index contributed by atoms with van der Waals surface area (Å²) in [5.74, 6) is -0.249. The number of benzene rings is 2. The third-order valence-corrected chi connectivity index (χ3v) is 4.92. The number of fused-ring (bicyclic) bond motifs is 2. The lowest BCUT2D eigenvalue weighted by Crippen LogP contribution is -2.25. The Hall–Kier alpha value is -2.70. The molecule has 2 aromatic carbocycles. The molecule has 0 amide bonds. The molecule has 2 N–H and O–H groups in total. The van der Waals surface area contributed by atoms with Crippen molar-refractivity contribution in [3.8, 4) is 0 Å². The Morgan fingerprint density at radius 1 is 0.769 bits per heavy atom. The second-order valence-electron chi connectivity index (χ2n) is 6.79. The van der Waals surface area contributed by atoms with Gasteiger partial charge in [-0.3, -0.25) is 9.59 Å². The van der Waals surface area contributed by atoms with Crippen molar-refractivity contribution in [1.82, 2.24) is 0 Å². The molecule has 3 aliphatic rings. The Morgan fingerprint density at radius 3 is 1.58 bits per heavy atom. The van der Waals surface area contributed by atoms with E-state index in [-0.39, 0.29) is 23.8 Å². The molecule has 2 aromatic rings. The molecule has 2 saturated heterocycles. The normalized spacial score (nSPS) is 22.5. The van der Waals surface area contributed by atoms with E-state index >= 15 is 0 Å². The number of rotatable bonds is 6. The zero-order chi connectivity index (χ0) is 17.7. The van der Waals surface area contributed by atoms with Crippen molar-refractivity contribution >= 4 is 22.9 Å². The first-order valence-electron chi connectivity index (χ1n) is 8.79. The Kier molecular flexibility index (Phi) is 3.55. The van der Waals surface area contributed by atoms with Crippen molar-refractivity contribution < 1.29 is 19.1 Å². The summed E-state index contributed by atoms with van der Waals surface area (Å²) in [6, 6.07) is 10.7. The van der Waals surface area contributed by atoms with Gasteiger partial charge >= 0.3 is 0 Å². The molecule has 26 heavy (non-hydrogen) atoms. The smallest absolute Gasteiger partial charge is 0.196 e. The predicted molar refractivity (Wildman–Crippen MR) is 96.2 cm³/mol. The quantitative estimate of drug-likeness (QED) is 0.663. The van der Waals surface area contributed by atoms with Gasteiger partial charge in [-0.15, -0.1) is 0 Å². The molecule has 0 spiro atoms. The van der Waals surface area contributed by atoms with Gasteiger partial charge in [0, 0.05) is 35.6 Å². The highest BCUT2D eigenvalue weighted by Crippen LogP contribution is 2.36. The minimum atomic E-state index is -0.124. The van der Waals surface area contributed by atoms with E-state index in [9.17, 15) is 9.59 Å². The summed E-state index contributed by atoms with van der Waals surface area (Å²) in [5.41, 5.74) is 3.15. The zero-order valence-corrected chi connectivity index (χ0v) is 14.1.